The van der Waals surface area contributed by atoms with Gasteiger partial charge in [-0.3, -0.25) is 19.0 Å². The number of Topliss-reactive ketones (excluding diaryl/α,β-unsaturated/α-hetero) is 1. The van der Waals surface area contributed by atoms with Gasteiger partial charge in [0.25, 0.3) is 11.5 Å². The molecule has 1 fully saturated rings. The lowest BCUT2D eigenvalue weighted by atomic mass is 10.1. The minimum atomic E-state index is -0.965. The average Bonchev–Trinajstić information content (AvgIpc) is 3.74. The van der Waals surface area contributed by atoms with Crippen molar-refractivity contribution in [3.8, 4) is 11.9 Å². The summed E-state index contributed by atoms with van der Waals surface area (Å²) in [6.07, 6.45) is -1.48. The maximum absolute atomic E-state index is 13.1. The van der Waals surface area contributed by atoms with Crippen LogP contribution in [0.25, 0.3) is 0 Å². The predicted molar refractivity (Wildman–Crippen MR) is 130 cm³/mol. The van der Waals surface area contributed by atoms with Gasteiger partial charge in [0, 0.05) is 23.7 Å². The van der Waals surface area contributed by atoms with E-state index in [1.54, 1.807) is 61.5 Å². The first-order valence-corrected chi connectivity index (χ1v) is 11.1. The number of carbonyl (C=O) groups excluding carboxylic acids is 2. The van der Waals surface area contributed by atoms with E-state index in [1.807, 2.05) is 6.07 Å². The Labute approximate surface area is 206 Å². The quantitative estimate of drug-likeness (QED) is 0.304. The molecule has 36 heavy (non-hydrogen) atoms. The molecule has 0 spiro atoms. The van der Waals surface area contributed by atoms with Gasteiger partial charge in [-0.15, -0.1) is 10.2 Å². The Morgan fingerprint density at radius 1 is 1.17 bits per heavy atom. The van der Waals surface area contributed by atoms with E-state index in [2.05, 4.69) is 10.2 Å². The minimum absolute atomic E-state index is 0.122. The number of nitrogens with zero attached hydrogens (tertiary/aromatic N) is 5. The summed E-state index contributed by atoms with van der Waals surface area (Å²) < 4.78 is 6.00. The monoisotopic (exact) mass is 485 g/mol. The molecule has 1 N–H and O–H groups in total. The molecule has 2 heterocycles. The number of nitriles is 1. The minimum Gasteiger partial charge on any atom is -0.493 e. The Hall–Kier alpha value is -4.62. The number of hydrogen-bond acceptors (Lipinski definition) is 8. The molecule has 2 atom stereocenters. The molecular formula is C26H23N5O5. The summed E-state index contributed by atoms with van der Waals surface area (Å²) >= 11 is 0. The maximum Gasteiger partial charge on any atom is 0.273 e. The third-order valence-electron chi connectivity index (χ3n) is 6.04. The van der Waals surface area contributed by atoms with Crippen LogP contribution in [0.4, 0.5) is 11.4 Å². The van der Waals surface area contributed by atoms with Gasteiger partial charge in [0.1, 0.15) is 23.9 Å². The van der Waals surface area contributed by atoms with E-state index in [9.17, 15) is 24.8 Å². The second kappa shape index (κ2) is 9.93. The highest BCUT2D eigenvalue weighted by Crippen LogP contribution is 2.35. The highest BCUT2D eigenvalue weighted by molar-refractivity contribution is 6.04. The zero-order chi connectivity index (χ0) is 26.0. The Morgan fingerprint density at radius 3 is 2.44 bits per heavy atom. The molecule has 1 amide bonds. The number of benzene rings is 2. The Kier molecular flexibility index (Phi) is 6.76. The number of amides is 1. The molecule has 0 bridgehead atoms. The number of ether oxygens (including phenoxy) is 1. The molecule has 10 nitrogen and oxygen atoms in total. The zero-order valence-corrected chi connectivity index (χ0v) is 19.9. The molecule has 0 radical (unpaired) electrons. The number of rotatable bonds is 7. The van der Waals surface area contributed by atoms with Crippen molar-refractivity contribution in [1.29, 1.82) is 5.26 Å². The van der Waals surface area contributed by atoms with Gasteiger partial charge in [-0.2, -0.15) is 5.26 Å². The van der Waals surface area contributed by atoms with Gasteiger partial charge in [0.15, 0.2) is 11.5 Å². The lowest BCUT2D eigenvalue weighted by Gasteiger charge is -2.28. The number of aromatic hydroxyl groups is 1. The SMILES string of the molecule is Cc1c(N=Nc2ccccc2C(=O)C2CO2)c(O)n(C(C)N(C)C(=O)c2ccccc2)c(=O)c1C#N. The number of epoxide rings is 1. The summed E-state index contributed by atoms with van der Waals surface area (Å²) in [7, 11) is 1.49. The van der Waals surface area contributed by atoms with Crippen LogP contribution in [-0.4, -0.2) is 46.0 Å². The molecular weight excluding hydrogens is 462 g/mol. The number of azo groups is 1. The maximum atomic E-state index is 13.1. The van der Waals surface area contributed by atoms with E-state index in [4.69, 9.17) is 4.74 Å². The highest BCUT2D eigenvalue weighted by Gasteiger charge is 2.33. The molecule has 1 aliphatic rings. The van der Waals surface area contributed by atoms with Crippen molar-refractivity contribution in [3.63, 3.8) is 0 Å². The van der Waals surface area contributed by atoms with Crippen LogP contribution >= 0.6 is 0 Å². The van der Waals surface area contributed by atoms with Gasteiger partial charge in [-0.25, -0.2) is 0 Å². The number of hydrogen-bond donors (Lipinski definition) is 1. The molecule has 1 saturated heterocycles. The largest absolute Gasteiger partial charge is 0.493 e. The summed E-state index contributed by atoms with van der Waals surface area (Å²) in [5.41, 5.74) is -0.0679. The van der Waals surface area contributed by atoms with E-state index < -0.39 is 23.7 Å². The normalized spacial score (nSPS) is 15.3. The summed E-state index contributed by atoms with van der Waals surface area (Å²) in [4.78, 5) is 39.8. The van der Waals surface area contributed by atoms with Gasteiger partial charge < -0.3 is 14.7 Å². The molecule has 1 aromatic heterocycles. The summed E-state index contributed by atoms with van der Waals surface area (Å²) in [5, 5.41) is 29.0. The lowest BCUT2D eigenvalue weighted by Crippen LogP contribution is -2.38. The van der Waals surface area contributed by atoms with Crippen molar-refractivity contribution in [2.75, 3.05) is 13.7 Å². The highest BCUT2D eigenvalue weighted by atomic mass is 16.6. The molecule has 4 rings (SSSR count). The van der Waals surface area contributed by atoms with E-state index in [-0.39, 0.29) is 34.2 Å². The molecule has 182 valence electrons. The average molecular weight is 486 g/mol. The van der Waals surface area contributed by atoms with Gasteiger partial charge in [-0.05, 0) is 38.1 Å². The molecule has 10 heteroatoms. The number of aromatic nitrogens is 1. The van der Waals surface area contributed by atoms with Gasteiger partial charge >= 0.3 is 0 Å². The van der Waals surface area contributed by atoms with Crippen LogP contribution in [-0.2, 0) is 4.74 Å². The molecule has 2 aromatic carbocycles. The standard InChI is InChI=1S/C26H23N5O5/c1-15-19(13-27)25(34)31(16(2)30(3)24(33)17-9-5-4-6-10-17)26(35)22(15)29-28-20-12-8-7-11-18(20)23(32)21-14-36-21/h4-12,16,21,35H,14H2,1-3H3. The summed E-state index contributed by atoms with van der Waals surface area (Å²) in [5.74, 6) is -1.18. The van der Waals surface area contributed by atoms with Gasteiger partial charge in [0.2, 0.25) is 5.88 Å². The Morgan fingerprint density at radius 2 is 1.81 bits per heavy atom. The van der Waals surface area contributed by atoms with Crippen molar-refractivity contribution in [2.24, 2.45) is 10.2 Å². The first kappa shape index (κ1) is 24.5. The zero-order valence-electron chi connectivity index (χ0n) is 19.9. The van der Waals surface area contributed by atoms with E-state index in [1.165, 1.54) is 18.9 Å². The Balaban J connectivity index is 1.77. The fourth-order valence-electron chi connectivity index (χ4n) is 3.75. The summed E-state index contributed by atoms with van der Waals surface area (Å²) in [6, 6.07) is 16.9. The van der Waals surface area contributed by atoms with E-state index in [0.29, 0.717) is 17.7 Å². The molecule has 0 saturated carbocycles. The van der Waals surface area contributed by atoms with Crippen molar-refractivity contribution < 1.29 is 19.4 Å². The van der Waals surface area contributed by atoms with Crippen LogP contribution in [0.5, 0.6) is 5.88 Å². The number of carbonyl (C=O) groups is 2. The van der Waals surface area contributed by atoms with Crippen LogP contribution in [0.1, 0.15) is 44.9 Å². The van der Waals surface area contributed by atoms with Crippen molar-refractivity contribution >= 4 is 23.1 Å². The van der Waals surface area contributed by atoms with Gasteiger partial charge in [-0.1, -0.05) is 30.3 Å². The van der Waals surface area contributed by atoms with Crippen LogP contribution in [0, 0.1) is 18.3 Å². The molecule has 1 aliphatic heterocycles. The first-order chi connectivity index (χ1) is 17.3. The fraction of sp³-hybridized carbons (Fsp3) is 0.231. The van der Waals surface area contributed by atoms with Crippen LogP contribution in [0.2, 0.25) is 0 Å². The van der Waals surface area contributed by atoms with Crippen molar-refractivity contribution in [3.05, 3.63) is 87.2 Å². The summed E-state index contributed by atoms with van der Waals surface area (Å²) in [6.45, 7) is 3.35. The lowest BCUT2D eigenvalue weighted by molar-refractivity contribution is 0.0670. The Bertz CT molecular complexity index is 1470. The second-order valence-electron chi connectivity index (χ2n) is 8.28. The predicted octanol–water partition coefficient (Wildman–Crippen LogP) is 4.02. The fourth-order valence-corrected chi connectivity index (χ4v) is 3.75. The number of pyridine rings is 1. The van der Waals surface area contributed by atoms with Crippen molar-refractivity contribution in [1.82, 2.24) is 9.47 Å². The third-order valence-corrected chi connectivity index (χ3v) is 6.04. The van der Waals surface area contributed by atoms with Gasteiger partial charge in [0.05, 0.1) is 12.3 Å². The third kappa shape index (κ3) is 4.52. The van der Waals surface area contributed by atoms with E-state index >= 15 is 0 Å². The molecule has 0 aliphatic carbocycles. The molecule has 2 unspecified atom stereocenters. The van der Waals surface area contributed by atoms with Crippen LogP contribution in [0.3, 0.4) is 0 Å². The smallest absolute Gasteiger partial charge is 0.273 e. The van der Waals surface area contributed by atoms with Crippen LogP contribution in [0.15, 0.2) is 69.6 Å². The molecule has 3 aromatic rings. The first-order valence-electron chi connectivity index (χ1n) is 11.1. The number of ketones is 1. The van der Waals surface area contributed by atoms with E-state index in [0.717, 1.165) is 4.57 Å². The second-order valence-corrected chi connectivity index (χ2v) is 8.28. The van der Waals surface area contributed by atoms with Crippen molar-refractivity contribution in [2.45, 2.75) is 26.1 Å². The topological polar surface area (TPSA) is 141 Å². The van der Waals surface area contributed by atoms with Crippen LogP contribution < -0.4 is 5.56 Å².